The van der Waals surface area contributed by atoms with Gasteiger partial charge in [0, 0.05) is 0 Å². The second kappa shape index (κ2) is 10.1. The van der Waals surface area contributed by atoms with E-state index in [1.165, 1.54) is 0 Å². The lowest BCUT2D eigenvalue weighted by atomic mass is 10.1. The van der Waals surface area contributed by atoms with Gasteiger partial charge in [-0.2, -0.15) is 0 Å². The van der Waals surface area contributed by atoms with Gasteiger partial charge in [-0.3, -0.25) is 15.6 Å². The van der Waals surface area contributed by atoms with Gasteiger partial charge < -0.3 is 9.47 Å². The Morgan fingerprint density at radius 2 is 1.26 bits per heavy atom. The first-order valence-corrected chi connectivity index (χ1v) is 8.75. The van der Waals surface area contributed by atoms with Crippen molar-refractivity contribution in [1.82, 2.24) is 10.6 Å². The predicted octanol–water partition coefficient (Wildman–Crippen LogP) is 3.36. The quantitative estimate of drug-likeness (QED) is 0.442. The number of carbonyl (C=O) groups excluding carboxylic acids is 2. The van der Waals surface area contributed by atoms with E-state index in [1.807, 2.05) is 20.8 Å². The summed E-state index contributed by atoms with van der Waals surface area (Å²) in [4.78, 5) is 36.1. The van der Waals surface area contributed by atoms with E-state index >= 15 is 0 Å². The van der Waals surface area contributed by atoms with E-state index < -0.39 is 23.4 Å². The molecule has 0 saturated carbocycles. The number of hydrogen-bond donors (Lipinski definition) is 2. The predicted molar refractivity (Wildman–Crippen MR) is 106 cm³/mol. The molecule has 0 heterocycles. The van der Waals surface area contributed by atoms with Crippen molar-refractivity contribution in [2.45, 2.75) is 79.1 Å². The molecular weight excluding hydrogens is 350 g/mol. The molecule has 0 bridgehead atoms. The summed E-state index contributed by atoms with van der Waals surface area (Å²) in [6.45, 7) is 16.7. The molecule has 0 saturated heterocycles. The van der Waals surface area contributed by atoms with Crippen LogP contribution in [-0.2, 0) is 9.47 Å². The summed E-state index contributed by atoms with van der Waals surface area (Å²) in [5, 5.41) is 4.79. The molecule has 0 aromatic carbocycles. The second-order valence-corrected chi connectivity index (χ2v) is 8.75. The van der Waals surface area contributed by atoms with Crippen LogP contribution in [0, 0.1) is 0 Å². The Balaban J connectivity index is 4.98. The lowest BCUT2D eigenvalue weighted by molar-refractivity contribution is 0.0545. The molecule has 154 valence electrons. The summed E-state index contributed by atoms with van der Waals surface area (Å²) in [5.74, 6) is -0.0820. The van der Waals surface area contributed by atoms with Gasteiger partial charge in [-0.15, -0.1) is 0 Å². The number of hydrogen-bond acceptors (Lipinski definition) is 7. The highest BCUT2D eigenvalue weighted by Gasteiger charge is 2.21. The van der Waals surface area contributed by atoms with Crippen molar-refractivity contribution < 1.29 is 19.1 Å². The lowest BCUT2D eigenvalue weighted by Crippen LogP contribution is -2.47. The van der Waals surface area contributed by atoms with Crippen LogP contribution in [0.2, 0.25) is 0 Å². The number of rotatable bonds is 3. The Hall–Kier alpha value is -2.41. The zero-order chi connectivity index (χ0) is 21.3. The molecule has 9 nitrogen and oxygen atoms in total. The van der Waals surface area contributed by atoms with Crippen LogP contribution in [0.25, 0.3) is 0 Å². The van der Waals surface area contributed by atoms with Gasteiger partial charge in [0.1, 0.15) is 11.2 Å². The monoisotopic (exact) mass is 383 g/mol. The largest absolute Gasteiger partial charge is 0.444 e. The third-order valence-corrected chi connectivity index (χ3v) is 2.18. The normalized spacial score (nSPS) is 11.6. The average Bonchev–Trinajstić information content (AvgIpc) is 2.36. The summed E-state index contributed by atoms with van der Waals surface area (Å²) >= 11 is 0. The lowest BCUT2D eigenvalue weighted by Gasteiger charge is -2.22. The fraction of sp³-hybridized carbons (Fsp3) is 0.778. The van der Waals surface area contributed by atoms with Crippen LogP contribution in [0.4, 0.5) is 9.59 Å². The van der Waals surface area contributed by atoms with Crippen molar-refractivity contribution in [2.75, 3.05) is 13.1 Å². The molecule has 0 aliphatic heterocycles. The van der Waals surface area contributed by atoms with Gasteiger partial charge in [0.2, 0.25) is 5.96 Å². The van der Waals surface area contributed by atoms with Gasteiger partial charge in [0.05, 0.1) is 24.6 Å². The molecule has 0 aliphatic carbocycles. The Morgan fingerprint density at radius 1 is 0.815 bits per heavy atom. The molecule has 0 radical (unpaired) electrons. The van der Waals surface area contributed by atoms with Crippen LogP contribution in [-0.4, -0.2) is 54.0 Å². The smallest absolute Gasteiger partial charge is 0.414 e. The van der Waals surface area contributed by atoms with Gasteiger partial charge in [-0.1, -0.05) is 0 Å². The first-order chi connectivity index (χ1) is 12.1. The Kier molecular flexibility index (Phi) is 9.16. The topological polar surface area (TPSA) is 114 Å². The molecule has 0 rings (SSSR count). The van der Waals surface area contributed by atoms with E-state index in [4.69, 9.17) is 9.47 Å². The second-order valence-electron chi connectivity index (χ2n) is 8.75. The molecule has 2 amide bonds. The Bertz CT molecular complexity index is 569. The standard InChI is InChI=1S/C18H33N5O4/c1-16(2,3)21-12-19-10-11-20-13(22-14(24)26-17(4,5)6)23-15(25)27-18(7,8)9/h10-11H2,1-9H3,(H2,20,22,23,24,25). The van der Waals surface area contributed by atoms with Crippen LogP contribution in [0.1, 0.15) is 62.3 Å². The van der Waals surface area contributed by atoms with Crippen LogP contribution in [0.15, 0.2) is 15.0 Å². The van der Waals surface area contributed by atoms with Crippen molar-refractivity contribution in [1.29, 1.82) is 0 Å². The van der Waals surface area contributed by atoms with Crippen molar-refractivity contribution in [3.8, 4) is 0 Å². The first kappa shape index (κ1) is 24.6. The Labute approximate surface area is 161 Å². The summed E-state index contributed by atoms with van der Waals surface area (Å²) in [6, 6.07) is 2.60. The van der Waals surface area contributed by atoms with Gasteiger partial charge in [0.25, 0.3) is 0 Å². The van der Waals surface area contributed by atoms with E-state index in [0.29, 0.717) is 0 Å². The summed E-state index contributed by atoms with van der Waals surface area (Å²) < 4.78 is 10.3. The summed E-state index contributed by atoms with van der Waals surface area (Å²) in [7, 11) is 0. The molecule has 9 heteroatoms. The van der Waals surface area contributed by atoms with E-state index in [9.17, 15) is 9.59 Å². The number of alkyl carbamates (subject to hydrolysis) is 2. The number of ether oxygens (including phenoxy) is 2. The van der Waals surface area contributed by atoms with Crippen molar-refractivity contribution in [2.24, 2.45) is 15.0 Å². The number of amides is 2. The zero-order valence-corrected chi connectivity index (χ0v) is 17.9. The summed E-state index contributed by atoms with van der Waals surface area (Å²) in [5.41, 5.74) is -1.63. The molecule has 27 heavy (non-hydrogen) atoms. The van der Waals surface area contributed by atoms with Crippen LogP contribution < -0.4 is 10.6 Å². The molecule has 0 spiro atoms. The highest BCUT2D eigenvalue weighted by Crippen LogP contribution is 2.07. The summed E-state index contributed by atoms with van der Waals surface area (Å²) in [6.07, 6.45) is -1.48. The first-order valence-electron chi connectivity index (χ1n) is 8.75. The molecule has 2 N–H and O–H groups in total. The number of carbonyl (C=O) groups is 2. The zero-order valence-electron chi connectivity index (χ0n) is 17.9. The minimum Gasteiger partial charge on any atom is -0.444 e. The third kappa shape index (κ3) is 16.8. The average molecular weight is 383 g/mol. The van der Waals surface area contributed by atoms with Gasteiger partial charge >= 0.3 is 12.2 Å². The number of nitrogens with one attached hydrogen (secondary N) is 2. The van der Waals surface area contributed by atoms with E-state index in [0.717, 1.165) is 0 Å². The molecule has 0 aromatic heterocycles. The number of nitrogens with zero attached hydrogens (tertiary/aromatic N) is 3. The molecule has 0 aliphatic rings. The van der Waals surface area contributed by atoms with Crippen LogP contribution in [0.5, 0.6) is 0 Å². The van der Waals surface area contributed by atoms with Crippen molar-refractivity contribution in [3.05, 3.63) is 0 Å². The van der Waals surface area contributed by atoms with Gasteiger partial charge in [-0.05, 0) is 62.3 Å². The van der Waals surface area contributed by atoms with E-state index in [-0.39, 0.29) is 24.6 Å². The van der Waals surface area contributed by atoms with Crippen LogP contribution in [0.3, 0.4) is 0 Å². The fourth-order valence-corrected chi connectivity index (χ4v) is 1.36. The van der Waals surface area contributed by atoms with Crippen molar-refractivity contribution >= 4 is 24.2 Å². The van der Waals surface area contributed by atoms with E-state index in [2.05, 4.69) is 31.6 Å². The van der Waals surface area contributed by atoms with Crippen LogP contribution >= 0.6 is 0 Å². The van der Waals surface area contributed by atoms with Gasteiger partial charge in [0.15, 0.2) is 0 Å². The maximum Gasteiger partial charge on any atom is 0.414 e. The third-order valence-electron chi connectivity index (χ3n) is 2.18. The molecule has 0 fully saturated rings. The fourth-order valence-electron chi connectivity index (χ4n) is 1.36. The minimum atomic E-state index is -0.741. The number of aliphatic imine (C=N–C) groups is 3. The highest BCUT2D eigenvalue weighted by atomic mass is 16.6. The molecule has 0 unspecified atom stereocenters. The Morgan fingerprint density at radius 3 is 1.63 bits per heavy atom. The minimum absolute atomic E-state index is 0.0820. The van der Waals surface area contributed by atoms with Gasteiger partial charge in [-0.25, -0.2) is 19.6 Å². The highest BCUT2D eigenvalue weighted by molar-refractivity contribution is 6.01. The molecule has 0 aromatic rings. The molecular formula is C18H33N5O4. The maximum absolute atomic E-state index is 11.9. The maximum atomic E-state index is 11.9. The van der Waals surface area contributed by atoms with Crippen molar-refractivity contribution in [3.63, 3.8) is 0 Å². The van der Waals surface area contributed by atoms with E-state index in [1.54, 1.807) is 41.5 Å². The number of guanidine groups is 1. The molecule has 0 atom stereocenters. The SMILES string of the molecule is CC(C)(C)N=C=NCCN=C(NC(=O)OC(C)(C)C)NC(=O)OC(C)(C)C.